The molecule has 0 aromatic carbocycles. The van der Waals surface area contributed by atoms with Gasteiger partial charge >= 0.3 is 0 Å². The van der Waals surface area contributed by atoms with Crippen LogP contribution in [0, 0.1) is 5.92 Å². The summed E-state index contributed by atoms with van der Waals surface area (Å²) in [4.78, 5) is 35.0. The van der Waals surface area contributed by atoms with Gasteiger partial charge in [0.2, 0.25) is 5.91 Å². The number of amides is 1. The zero-order valence-electron chi connectivity index (χ0n) is 16.7. The molecule has 1 fully saturated rings. The van der Waals surface area contributed by atoms with Crippen molar-refractivity contribution >= 4 is 22.9 Å². The predicted molar refractivity (Wildman–Crippen MR) is 109 cm³/mol. The minimum atomic E-state index is -0.240. The summed E-state index contributed by atoms with van der Waals surface area (Å²) in [6.45, 7) is 1.62. The lowest BCUT2D eigenvalue weighted by Crippen LogP contribution is -2.54. The summed E-state index contributed by atoms with van der Waals surface area (Å²) in [5.41, 5.74) is 1.58. The number of rotatable bonds is 6. The summed E-state index contributed by atoms with van der Waals surface area (Å²) in [6.07, 6.45) is 3.02. The van der Waals surface area contributed by atoms with Gasteiger partial charge in [0.05, 0.1) is 18.7 Å². The van der Waals surface area contributed by atoms with Gasteiger partial charge in [0.25, 0.3) is 5.56 Å². The number of fused-ring (bicyclic) bond motifs is 1. The highest BCUT2D eigenvalue weighted by molar-refractivity contribution is 5.86. The summed E-state index contributed by atoms with van der Waals surface area (Å²) in [5, 5.41) is 15.2. The molecular formula is C19H19N9O3. The molecule has 1 N–H and O–H groups in total. The predicted octanol–water partition coefficient (Wildman–Crippen LogP) is -0.172. The van der Waals surface area contributed by atoms with Crippen LogP contribution >= 0.6 is 0 Å². The van der Waals surface area contributed by atoms with E-state index in [1.165, 1.54) is 17.1 Å². The van der Waals surface area contributed by atoms with E-state index in [2.05, 4.69) is 30.7 Å². The normalized spacial score (nSPS) is 14.0. The standard InChI is InChI=1S/C19H19N9O3/c1-26-17-16(23-25-26)18(22-11-21-17)27-9-12(10-27)19(30)20-6-7-28-15(29)5-4-13(24-28)14-3-2-8-31-14/h2-5,8,11-12H,6-7,9-10H2,1H3,(H,20,30). The van der Waals surface area contributed by atoms with Crippen LogP contribution in [0.5, 0.6) is 0 Å². The first-order valence-electron chi connectivity index (χ1n) is 9.75. The highest BCUT2D eigenvalue weighted by Gasteiger charge is 2.34. The monoisotopic (exact) mass is 421 g/mol. The minimum Gasteiger partial charge on any atom is -0.463 e. The summed E-state index contributed by atoms with van der Waals surface area (Å²) >= 11 is 0. The second-order valence-electron chi connectivity index (χ2n) is 7.23. The molecule has 1 saturated heterocycles. The Labute approximate surface area is 175 Å². The summed E-state index contributed by atoms with van der Waals surface area (Å²) in [7, 11) is 1.77. The molecule has 0 unspecified atom stereocenters. The van der Waals surface area contributed by atoms with Crippen molar-refractivity contribution in [2.75, 3.05) is 24.5 Å². The first-order valence-corrected chi connectivity index (χ1v) is 9.75. The Morgan fingerprint density at radius 3 is 2.94 bits per heavy atom. The molecule has 5 heterocycles. The molecule has 4 aromatic rings. The van der Waals surface area contributed by atoms with E-state index in [1.807, 2.05) is 4.90 Å². The van der Waals surface area contributed by atoms with E-state index < -0.39 is 0 Å². The largest absolute Gasteiger partial charge is 0.463 e. The Bertz CT molecular complexity index is 1290. The van der Waals surface area contributed by atoms with Crippen LogP contribution in [0.15, 0.2) is 46.1 Å². The molecule has 4 aromatic heterocycles. The van der Waals surface area contributed by atoms with Crippen molar-refractivity contribution in [3.05, 3.63) is 47.2 Å². The number of carbonyl (C=O) groups excluding carboxylic acids is 1. The van der Waals surface area contributed by atoms with E-state index in [0.29, 0.717) is 48.1 Å². The average Bonchev–Trinajstić information content (AvgIpc) is 3.39. The third-order valence-corrected chi connectivity index (χ3v) is 5.18. The van der Waals surface area contributed by atoms with Crippen molar-refractivity contribution in [3.8, 4) is 11.5 Å². The third kappa shape index (κ3) is 3.52. The fourth-order valence-electron chi connectivity index (χ4n) is 3.48. The molecule has 158 valence electrons. The van der Waals surface area contributed by atoms with Gasteiger partial charge in [-0.2, -0.15) is 5.10 Å². The van der Waals surface area contributed by atoms with Crippen molar-refractivity contribution in [2.45, 2.75) is 6.54 Å². The first kappa shape index (κ1) is 18.9. The molecule has 0 radical (unpaired) electrons. The van der Waals surface area contributed by atoms with Crippen LogP contribution in [0.25, 0.3) is 22.6 Å². The molecule has 0 spiro atoms. The lowest BCUT2D eigenvalue weighted by molar-refractivity contribution is -0.125. The molecule has 31 heavy (non-hydrogen) atoms. The van der Waals surface area contributed by atoms with E-state index in [9.17, 15) is 9.59 Å². The van der Waals surface area contributed by atoms with Gasteiger partial charge < -0.3 is 14.6 Å². The van der Waals surface area contributed by atoms with Gasteiger partial charge in [-0.15, -0.1) is 5.10 Å². The van der Waals surface area contributed by atoms with Crippen LogP contribution in [0.2, 0.25) is 0 Å². The summed E-state index contributed by atoms with van der Waals surface area (Å²) in [6, 6.07) is 6.57. The zero-order valence-corrected chi connectivity index (χ0v) is 16.7. The number of carbonyl (C=O) groups is 1. The fourth-order valence-corrected chi connectivity index (χ4v) is 3.48. The van der Waals surface area contributed by atoms with E-state index in [4.69, 9.17) is 4.42 Å². The molecule has 12 heteroatoms. The highest BCUT2D eigenvalue weighted by Crippen LogP contribution is 2.27. The lowest BCUT2D eigenvalue weighted by Gasteiger charge is -2.38. The molecular weight excluding hydrogens is 402 g/mol. The van der Waals surface area contributed by atoms with Crippen molar-refractivity contribution in [1.82, 2.24) is 40.1 Å². The van der Waals surface area contributed by atoms with Crippen LogP contribution in [0.3, 0.4) is 0 Å². The van der Waals surface area contributed by atoms with Crippen molar-refractivity contribution in [2.24, 2.45) is 13.0 Å². The number of furan rings is 1. The molecule has 0 bridgehead atoms. The maximum Gasteiger partial charge on any atom is 0.266 e. The molecule has 0 saturated carbocycles. The fraction of sp³-hybridized carbons (Fsp3) is 0.316. The number of aromatic nitrogens is 7. The molecule has 5 rings (SSSR count). The second-order valence-corrected chi connectivity index (χ2v) is 7.23. The van der Waals surface area contributed by atoms with Gasteiger partial charge in [-0.05, 0) is 18.2 Å². The molecule has 0 atom stereocenters. The van der Waals surface area contributed by atoms with Gasteiger partial charge in [-0.3, -0.25) is 9.59 Å². The van der Waals surface area contributed by atoms with Gasteiger partial charge in [0, 0.05) is 32.7 Å². The Morgan fingerprint density at radius 2 is 2.13 bits per heavy atom. The van der Waals surface area contributed by atoms with Crippen LogP contribution in [-0.2, 0) is 18.4 Å². The lowest BCUT2D eigenvalue weighted by atomic mass is 9.99. The number of aryl methyl sites for hydroxylation is 1. The number of anilines is 1. The highest BCUT2D eigenvalue weighted by atomic mass is 16.3. The number of hydrogen-bond donors (Lipinski definition) is 1. The average molecular weight is 421 g/mol. The molecule has 1 amide bonds. The van der Waals surface area contributed by atoms with E-state index in [1.54, 1.807) is 36.2 Å². The van der Waals surface area contributed by atoms with Gasteiger partial charge in [-0.25, -0.2) is 19.3 Å². The second kappa shape index (κ2) is 7.63. The maximum atomic E-state index is 12.5. The SMILES string of the molecule is Cn1nnc2c(N3CC(C(=O)NCCn4nc(-c5ccco5)ccc4=O)C3)ncnc21. The summed E-state index contributed by atoms with van der Waals surface area (Å²) < 4.78 is 8.22. The summed E-state index contributed by atoms with van der Waals surface area (Å²) in [5.74, 6) is 1.01. The zero-order chi connectivity index (χ0) is 21.4. The number of nitrogens with one attached hydrogen (secondary N) is 1. The van der Waals surface area contributed by atoms with E-state index in [0.717, 1.165) is 0 Å². The Balaban J connectivity index is 1.17. The van der Waals surface area contributed by atoms with Crippen molar-refractivity contribution < 1.29 is 9.21 Å². The number of hydrogen-bond acceptors (Lipinski definition) is 9. The van der Waals surface area contributed by atoms with Crippen molar-refractivity contribution in [1.29, 1.82) is 0 Å². The Hall–Kier alpha value is -4.09. The first-order chi connectivity index (χ1) is 15.1. The van der Waals surface area contributed by atoms with Gasteiger partial charge in [0.1, 0.15) is 12.0 Å². The maximum absolute atomic E-state index is 12.5. The molecule has 12 nitrogen and oxygen atoms in total. The van der Waals surface area contributed by atoms with Gasteiger partial charge in [-0.1, -0.05) is 5.21 Å². The number of nitrogens with zero attached hydrogens (tertiary/aromatic N) is 8. The van der Waals surface area contributed by atoms with Crippen LogP contribution < -0.4 is 15.8 Å². The quantitative estimate of drug-likeness (QED) is 0.450. The van der Waals surface area contributed by atoms with Crippen LogP contribution in [-0.4, -0.2) is 60.3 Å². The smallest absolute Gasteiger partial charge is 0.266 e. The van der Waals surface area contributed by atoms with Crippen LogP contribution in [0.4, 0.5) is 5.82 Å². The molecule has 0 aliphatic carbocycles. The van der Waals surface area contributed by atoms with E-state index in [-0.39, 0.29) is 23.9 Å². The Morgan fingerprint density at radius 1 is 1.26 bits per heavy atom. The molecule has 1 aliphatic heterocycles. The van der Waals surface area contributed by atoms with Crippen molar-refractivity contribution in [3.63, 3.8) is 0 Å². The Kier molecular flexibility index (Phi) is 4.65. The minimum absolute atomic E-state index is 0.0732. The van der Waals surface area contributed by atoms with E-state index >= 15 is 0 Å². The topological polar surface area (TPSA) is 137 Å². The van der Waals surface area contributed by atoms with Gasteiger partial charge in [0.15, 0.2) is 22.7 Å². The third-order valence-electron chi connectivity index (χ3n) is 5.18. The van der Waals surface area contributed by atoms with Crippen LogP contribution in [0.1, 0.15) is 0 Å². The molecule has 1 aliphatic rings.